The second-order valence-electron chi connectivity index (χ2n) is 19.6. The van der Waals surface area contributed by atoms with Gasteiger partial charge in [0.1, 0.15) is 11.2 Å². The molecule has 1 heterocycles. The van der Waals surface area contributed by atoms with Crippen LogP contribution in [0.5, 0.6) is 0 Å². The van der Waals surface area contributed by atoms with Crippen molar-refractivity contribution >= 4 is 39.0 Å². The molecule has 4 saturated carbocycles. The molecule has 13 rings (SSSR count). The summed E-state index contributed by atoms with van der Waals surface area (Å²) in [6.45, 7) is 9.74. The standard InChI is InChI=1S/C54H51NO/c1-52(2)25-26-53(3,4)51-46(52)16-10-17-47(51)55(39-23-24-42-41-11-6-8-18-48(41)56-49(42)32-39)38-21-19-35(20-22-38)40-13-9-15-45-50(40)43-12-5-7-14-44(43)54(45)36-28-33-27-34(30-36)31-37(54)29-33/h5-24,32-34,36-37H,25-31H2,1-4H3. The van der Waals surface area contributed by atoms with Crippen LogP contribution in [0, 0.1) is 23.7 Å². The highest BCUT2D eigenvalue weighted by Crippen LogP contribution is 2.70. The topological polar surface area (TPSA) is 16.4 Å². The molecular formula is C54H51NO. The fourth-order valence-corrected chi connectivity index (χ4v) is 13.4. The SMILES string of the molecule is CC1(C)CCC(C)(C)c2c(N(c3ccc(-c4cccc5c4-c4ccccc4C54C5CC6CC(C5)CC4C6)cc3)c3ccc4c(c3)oc3ccccc34)cccc21. The maximum absolute atomic E-state index is 6.51. The number of benzene rings is 6. The molecule has 1 spiro atoms. The molecule has 4 fully saturated rings. The molecule has 4 bridgehead atoms. The molecule has 6 aromatic carbocycles. The summed E-state index contributed by atoms with van der Waals surface area (Å²) in [5.74, 6) is 3.42. The van der Waals surface area contributed by atoms with Gasteiger partial charge in [-0.2, -0.15) is 0 Å². The van der Waals surface area contributed by atoms with Crippen LogP contribution < -0.4 is 4.90 Å². The first-order chi connectivity index (χ1) is 27.2. The van der Waals surface area contributed by atoms with E-state index in [2.05, 4.69) is 160 Å². The first-order valence-electron chi connectivity index (χ1n) is 21.4. The summed E-state index contributed by atoms with van der Waals surface area (Å²) in [7, 11) is 0. The Morgan fingerprint density at radius 1 is 0.518 bits per heavy atom. The quantitative estimate of drug-likeness (QED) is 0.179. The van der Waals surface area contributed by atoms with Gasteiger partial charge in [-0.05, 0) is 160 Å². The van der Waals surface area contributed by atoms with Crippen LogP contribution in [0.3, 0.4) is 0 Å². The van der Waals surface area contributed by atoms with E-state index in [1.54, 1.807) is 11.1 Å². The van der Waals surface area contributed by atoms with E-state index in [1.165, 1.54) is 83.3 Å². The van der Waals surface area contributed by atoms with Gasteiger partial charge in [0, 0.05) is 33.6 Å². The van der Waals surface area contributed by atoms with Crippen LogP contribution in [0.2, 0.25) is 0 Å². The highest BCUT2D eigenvalue weighted by molar-refractivity contribution is 6.06. The van der Waals surface area contributed by atoms with Gasteiger partial charge in [0.15, 0.2) is 0 Å². The first-order valence-corrected chi connectivity index (χ1v) is 21.4. The molecule has 56 heavy (non-hydrogen) atoms. The van der Waals surface area contributed by atoms with Gasteiger partial charge in [-0.15, -0.1) is 0 Å². The summed E-state index contributed by atoms with van der Waals surface area (Å²) in [6, 6.07) is 48.6. The van der Waals surface area contributed by atoms with Crippen LogP contribution in [0.25, 0.3) is 44.2 Å². The zero-order chi connectivity index (χ0) is 37.6. The minimum absolute atomic E-state index is 0.0367. The Labute approximate surface area is 331 Å². The molecule has 0 radical (unpaired) electrons. The number of para-hydroxylation sites is 1. The third-order valence-corrected chi connectivity index (χ3v) is 15.7. The summed E-state index contributed by atoms with van der Waals surface area (Å²) in [4.78, 5) is 2.51. The number of hydrogen-bond acceptors (Lipinski definition) is 2. The molecule has 0 unspecified atom stereocenters. The lowest BCUT2D eigenvalue weighted by Gasteiger charge is -2.61. The summed E-state index contributed by atoms with van der Waals surface area (Å²) in [5.41, 5.74) is 17.6. The van der Waals surface area contributed by atoms with Crippen molar-refractivity contribution < 1.29 is 4.42 Å². The highest BCUT2D eigenvalue weighted by Gasteiger charge is 2.61. The van der Waals surface area contributed by atoms with Crippen LogP contribution in [-0.4, -0.2) is 0 Å². The first kappa shape index (κ1) is 33.1. The Bertz CT molecular complexity index is 2700. The molecule has 7 aromatic rings. The number of nitrogens with zero attached hydrogens (tertiary/aromatic N) is 1. The van der Waals surface area contributed by atoms with E-state index in [0.717, 1.165) is 57.7 Å². The van der Waals surface area contributed by atoms with Crippen LogP contribution in [0.15, 0.2) is 132 Å². The molecule has 0 aliphatic heterocycles. The predicted molar refractivity (Wildman–Crippen MR) is 232 cm³/mol. The van der Waals surface area contributed by atoms with Gasteiger partial charge in [-0.3, -0.25) is 0 Å². The summed E-state index contributed by atoms with van der Waals surface area (Å²) >= 11 is 0. The van der Waals surface area contributed by atoms with Gasteiger partial charge in [0.2, 0.25) is 0 Å². The maximum atomic E-state index is 6.51. The van der Waals surface area contributed by atoms with Crippen molar-refractivity contribution in [2.45, 2.75) is 88.9 Å². The molecular weight excluding hydrogens is 679 g/mol. The molecule has 2 nitrogen and oxygen atoms in total. The molecule has 6 aliphatic rings. The molecule has 0 saturated heterocycles. The molecule has 0 amide bonds. The summed E-state index contributed by atoms with van der Waals surface area (Å²) in [6.07, 6.45) is 9.46. The summed E-state index contributed by atoms with van der Waals surface area (Å²) < 4.78 is 6.51. The number of fused-ring (bicyclic) bond motifs is 7. The molecule has 0 N–H and O–H groups in total. The lowest BCUT2D eigenvalue weighted by atomic mass is 9.43. The second kappa shape index (κ2) is 11.5. The maximum Gasteiger partial charge on any atom is 0.137 e. The van der Waals surface area contributed by atoms with Crippen molar-refractivity contribution in [3.8, 4) is 22.3 Å². The number of furan rings is 1. The third-order valence-electron chi connectivity index (χ3n) is 15.7. The van der Waals surface area contributed by atoms with Crippen molar-refractivity contribution in [1.29, 1.82) is 0 Å². The van der Waals surface area contributed by atoms with E-state index in [4.69, 9.17) is 4.42 Å². The molecule has 1 aromatic heterocycles. The van der Waals surface area contributed by atoms with Gasteiger partial charge in [-0.1, -0.05) is 113 Å². The Kier molecular flexibility index (Phi) is 6.80. The molecule has 0 atom stereocenters. The lowest BCUT2D eigenvalue weighted by molar-refractivity contribution is -0.0399. The van der Waals surface area contributed by atoms with Gasteiger partial charge >= 0.3 is 0 Å². The Balaban J connectivity index is 1.02. The Hall–Kier alpha value is -5.08. The average molecular weight is 730 g/mol. The third kappa shape index (κ3) is 4.45. The zero-order valence-corrected chi connectivity index (χ0v) is 33.2. The van der Waals surface area contributed by atoms with Crippen molar-refractivity contribution in [2.24, 2.45) is 23.7 Å². The number of hydrogen-bond donors (Lipinski definition) is 0. The fraction of sp³-hybridized carbons (Fsp3) is 0.333. The minimum Gasteiger partial charge on any atom is -0.456 e. The van der Waals surface area contributed by atoms with E-state index in [-0.39, 0.29) is 16.2 Å². The van der Waals surface area contributed by atoms with Gasteiger partial charge in [0.05, 0.1) is 5.69 Å². The van der Waals surface area contributed by atoms with Crippen LogP contribution >= 0.6 is 0 Å². The van der Waals surface area contributed by atoms with Crippen LogP contribution in [-0.2, 0) is 16.2 Å². The lowest BCUT2D eigenvalue weighted by Crippen LogP contribution is -2.55. The minimum atomic E-state index is 0.0367. The summed E-state index contributed by atoms with van der Waals surface area (Å²) in [5, 5.41) is 2.32. The van der Waals surface area contributed by atoms with E-state index in [1.807, 2.05) is 0 Å². The predicted octanol–water partition coefficient (Wildman–Crippen LogP) is 14.8. The molecule has 2 heteroatoms. The largest absolute Gasteiger partial charge is 0.456 e. The normalized spacial score (nSPS) is 26.1. The van der Waals surface area contributed by atoms with Gasteiger partial charge < -0.3 is 9.32 Å². The van der Waals surface area contributed by atoms with Crippen molar-refractivity contribution in [2.75, 3.05) is 4.90 Å². The number of rotatable bonds is 4. The fourth-order valence-electron chi connectivity index (χ4n) is 13.4. The van der Waals surface area contributed by atoms with E-state index >= 15 is 0 Å². The van der Waals surface area contributed by atoms with Crippen LogP contribution in [0.1, 0.15) is 94.9 Å². The van der Waals surface area contributed by atoms with Crippen molar-refractivity contribution in [1.82, 2.24) is 0 Å². The highest BCUT2D eigenvalue weighted by atomic mass is 16.3. The van der Waals surface area contributed by atoms with Gasteiger partial charge in [-0.25, -0.2) is 0 Å². The number of anilines is 3. The van der Waals surface area contributed by atoms with E-state index < -0.39 is 0 Å². The van der Waals surface area contributed by atoms with E-state index in [9.17, 15) is 0 Å². The monoisotopic (exact) mass is 729 g/mol. The van der Waals surface area contributed by atoms with Gasteiger partial charge in [0.25, 0.3) is 0 Å². The molecule has 278 valence electrons. The average Bonchev–Trinajstić information content (AvgIpc) is 3.72. The Morgan fingerprint density at radius 3 is 1.95 bits per heavy atom. The molecule has 6 aliphatic carbocycles. The zero-order valence-electron chi connectivity index (χ0n) is 33.2. The van der Waals surface area contributed by atoms with Crippen molar-refractivity contribution in [3.63, 3.8) is 0 Å². The van der Waals surface area contributed by atoms with Crippen molar-refractivity contribution in [3.05, 3.63) is 150 Å². The smallest absolute Gasteiger partial charge is 0.137 e. The Morgan fingerprint density at radius 2 is 1.14 bits per heavy atom. The second-order valence-corrected chi connectivity index (χ2v) is 19.6. The van der Waals surface area contributed by atoms with Crippen LogP contribution in [0.4, 0.5) is 17.1 Å². The van der Waals surface area contributed by atoms with E-state index in [0.29, 0.717) is 0 Å².